The van der Waals surface area contributed by atoms with Gasteiger partial charge in [-0.05, 0) is 37.3 Å². The van der Waals surface area contributed by atoms with E-state index in [1.54, 1.807) is 16.4 Å². The zero-order valence-electron chi connectivity index (χ0n) is 10.6. The molecular weight excluding hydrogens is 268 g/mol. The van der Waals surface area contributed by atoms with Gasteiger partial charge in [0.25, 0.3) is 10.0 Å². The molecule has 1 aliphatic heterocycles. The van der Waals surface area contributed by atoms with E-state index in [1.807, 2.05) is 0 Å². The van der Waals surface area contributed by atoms with Crippen LogP contribution in [0.25, 0.3) is 0 Å². The molecule has 1 unspecified atom stereocenters. The van der Waals surface area contributed by atoms with E-state index in [1.165, 1.54) is 11.3 Å². The third-order valence-corrected chi connectivity index (χ3v) is 6.88. The topological polar surface area (TPSA) is 63.4 Å². The molecular formula is C12H20N2O2S2. The average molecular weight is 288 g/mol. The summed E-state index contributed by atoms with van der Waals surface area (Å²) in [4.78, 5) is 0.914. The normalized spacial score (nSPS) is 22.9. The second-order valence-electron chi connectivity index (χ2n) is 4.87. The maximum absolute atomic E-state index is 12.5. The largest absolute Gasteiger partial charge is 0.326 e. The Hall–Kier alpha value is -0.430. The predicted octanol–water partition coefficient (Wildman–Crippen LogP) is 2.02. The first-order valence-electron chi connectivity index (χ1n) is 6.33. The Balaban J connectivity index is 2.19. The van der Waals surface area contributed by atoms with E-state index in [0.29, 0.717) is 29.8 Å². The highest BCUT2D eigenvalue weighted by Gasteiger charge is 2.27. The van der Waals surface area contributed by atoms with Crippen molar-refractivity contribution in [1.29, 1.82) is 0 Å². The first kappa shape index (κ1) is 14.0. The van der Waals surface area contributed by atoms with E-state index in [-0.39, 0.29) is 0 Å². The van der Waals surface area contributed by atoms with Gasteiger partial charge in [0, 0.05) is 24.5 Å². The van der Waals surface area contributed by atoms with Crippen LogP contribution >= 0.6 is 11.3 Å². The Labute approximate surface area is 113 Å². The van der Waals surface area contributed by atoms with E-state index in [0.717, 1.165) is 24.1 Å². The lowest BCUT2D eigenvalue weighted by atomic mass is 10.0. The number of hydrogen-bond donors (Lipinski definition) is 1. The minimum absolute atomic E-state index is 0.400. The molecule has 2 rings (SSSR count). The quantitative estimate of drug-likeness (QED) is 0.925. The molecule has 0 saturated carbocycles. The molecule has 102 valence electrons. The lowest BCUT2D eigenvalue weighted by Crippen LogP contribution is -2.31. The standard InChI is InChI=1S/C12H20N2O2S2/c1-10-3-2-7-14(8-6-10)18(15,16)12-5-4-11(9-13)17-12/h4-5,10H,2-3,6-9,13H2,1H3. The van der Waals surface area contributed by atoms with Crippen LogP contribution in [-0.4, -0.2) is 25.8 Å². The van der Waals surface area contributed by atoms with Crippen molar-refractivity contribution in [3.05, 3.63) is 17.0 Å². The average Bonchev–Trinajstić information content (AvgIpc) is 2.72. The highest BCUT2D eigenvalue weighted by atomic mass is 32.2. The SMILES string of the molecule is CC1CCCN(S(=O)(=O)c2ccc(CN)s2)CC1. The smallest absolute Gasteiger partial charge is 0.252 e. The van der Waals surface area contributed by atoms with Crippen molar-refractivity contribution >= 4 is 21.4 Å². The van der Waals surface area contributed by atoms with E-state index < -0.39 is 10.0 Å². The molecule has 0 spiro atoms. The van der Waals surface area contributed by atoms with Gasteiger partial charge in [0.05, 0.1) is 0 Å². The van der Waals surface area contributed by atoms with Gasteiger partial charge >= 0.3 is 0 Å². The number of rotatable bonds is 3. The molecule has 0 aromatic carbocycles. The predicted molar refractivity (Wildman–Crippen MR) is 74.0 cm³/mol. The highest BCUT2D eigenvalue weighted by molar-refractivity contribution is 7.91. The number of nitrogens with two attached hydrogens (primary N) is 1. The fourth-order valence-electron chi connectivity index (χ4n) is 2.21. The van der Waals surface area contributed by atoms with Crippen LogP contribution in [0.15, 0.2) is 16.3 Å². The number of hydrogen-bond acceptors (Lipinski definition) is 4. The molecule has 1 atom stereocenters. The van der Waals surface area contributed by atoms with Crippen LogP contribution in [-0.2, 0) is 16.6 Å². The minimum Gasteiger partial charge on any atom is -0.326 e. The molecule has 0 aliphatic carbocycles. The van der Waals surface area contributed by atoms with E-state index in [4.69, 9.17) is 5.73 Å². The Morgan fingerprint density at radius 1 is 1.39 bits per heavy atom. The third kappa shape index (κ3) is 2.93. The molecule has 4 nitrogen and oxygen atoms in total. The highest BCUT2D eigenvalue weighted by Crippen LogP contribution is 2.27. The first-order chi connectivity index (χ1) is 8.54. The molecule has 0 amide bonds. The molecule has 0 radical (unpaired) electrons. The number of sulfonamides is 1. The minimum atomic E-state index is -3.30. The van der Waals surface area contributed by atoms with Gasteiger partial charge in [-0.1, -0.05) is 6.92 Å². The van der Waals surface area contributed by atoms with Gasteiger partial charge < -0.3 is 5.73 Å². The van der Waals surface area contributed by atoms with Crippen molar-refractivity contribution in [2.75, 3.05) is 13.1 Å². The summed E-state index contributed by atoms with van der Waals surface area (Å²) in [5.74, 6) is 0.619. The fourth-order valence-corrected chi connectivity index (χ4v) is 5.09. The lowest BCUT2D eigenvalue weighted by molar-refractivity contribution is 0.418. The van der Waals surface area contributed by atoms with Crippen molar-refractivity contribution in [3.63, 3.8) is 0 Å². The van der Waals surface area contributed by atoms with Crippen LogP contribution in [0, 0.1) is 5.92 Å². The van der Waals surface area contributed by atoms with Gasteiger partial charge in [-0.25, -0.2) is 8.42 Å². The molecule has 1 aromatic rings. The summed E-state index contributed by atoms with van der Waals surface area (Å²) in [5.41, 5.74) is 5.53. The van der Waals surface area contributed by atoms with Crippen molar-refractivity contribution < 1.29 is 8.42 Å². The van der Waals surface area contributed by atoms with Gasteiger partial charge in [-0.2, -0.15) is 4.31 Å². The Morgan fingerprint density at radius 2 is 2.17 bits per heavy atom. The van der Waals surface area contributed by atoms with Gasteiger partial charge in [0.15, 0.2) is 0 Å². The summed E-state index contributed by atoms with van der Waals surface area (Å²) in [6.45, 7) is 3.87. The molecule has 1 fully saturated rings. The molecule has 1 saturated heterocycles. The second kappa shape index (κ2) is 5.69. The molecule has 18 heavy (non-hydrogen) atoms. The van der Waals surface area contributed by atoms with E-state index >= 15 is 0 Å². The van der Waals surface area contributed by atoms with Gasteiger partial charge in [-0.3, -0.25) is 0 Å². The molecule has 0 bridgehead atoms. The number of nitrogens with zero attached hydrogens (tertiary/aromatic N) is 1. The van der Waals surface area contributed by atoms with Crippen LogP contribution < -0.4 is 5.73 Å². The summed E-state index contributed by atoms with van der Waals surface area (Å²) < 4.78 is 27.0. The van der Waals surface area contributed by atoms with Gasteiger partial charge in [0.2, 0.25) is 0 Å². The van der Waals surface area contributed by atoms with Crippen LogP contribution in [0.2, 0.25) is 0 Å². The summed E-state index contributed by atoms with van der Waals surface area (Å²) in [6, 6.07) is 3.48. The van der Waals surface area contributed by atoms with Gasteiger partial charge in [-0.15, -0.1) is 11.3 Å². The monoisotopic (exact) mass is 288 g/mol. The van der Waals surface area contributed by atoms with Gasteiger partial charge in [0.1, 0.15) is 4.21 Å². The zero-order valence-corrected chi connectivity index (χ0v) is 12.3. The van der Waals surface area contributed by atoms with Crippen molar-refractivity contribution in [2.24, 2.45) is 11.7 Å². The molecule has 2 N–H and O–H groups in total. The van der Waals surface area contributed by atoms with E-state index in [9.17, 15) is 8.42 Å². The van der Waals surface area contributed by atoms with E-state index in [2.05, 4.69) is 6.92 Å². The van der Waals surface area contributed by atoms with Crippen molar-refractivity contribution in [2.45, 2.75) is 36.9 Å². The van der Waals surface area contributed by atoms with Crippen LogP contribution in [0.1, 0.15) is 31.1 Å². The maximum Gasteiger partial charge on any atom is 0.252 e. The Morgan fingerprint density at radius 3 is 2.83 bits per heavy atom. The first-order valence-corrected chi connectivity index (χ1v) is 8.58. The van der Waals surface area contributed by atoms with Crippen LogP contribution in [0.3, 0.4) is 0 Å². The second-order valence-corrected chi connectivity index (χ2v) is 8.20. The maximum atomic E-state index is 12.5. The Bertz CT molecular complexity index is 496. The molecule has 1 aromatic heterocycles. The summed E-state index contributed by atoms with van der Waals surface area (Å²) in [6.07, 6.45) is 3.02. The van der Waals surface area contributed by atoms with Crippen molar-refractivity contribution in [3.8, 4) is 0 Å². The fraction of sp³-hybridized carbons (Fsp3) is 0.667. The van der Waals surface area contributed by atoms with Crippen LogP contribution in [0.5, 0.6) is 0 Å². The molecule has 1 aliphatic rings. The number of thiophene rings is 1. The third-order valence-electron chi connectivity index (χ3n) is 3.41. The zero-order chi connectivity index (χ0) is 13.2. The van der Waals surface area contributed by atoms with Crippen molar-refractivity contribution in [1.82, 2.24) is 4.31 Å². The van der Waals surface area contributed by atoms with Crippen LogP contribution in [0.4, 0.5) is 0 Å². The summed E-state index contributed by atoms with van der Waals surface area (Å²) in [7, 11) is -3.30. The molecule has 6 heteroatoms. The Kier molecular flexibility index (Phi) is 4.42. The lowest BCUT2D eigenvalue weighted by Gasteiger charge is -2.18. The molecule has 2 heterocycles. The summed E-state index contributed by atoms with van der Waals surface area (Å²) >= 11 is 1.29. The summed E-state index contributed by atoms with van der Waals surface area (Å²) in [5, 5.41) is 0.